The predicted molar refractivity (Wildman–Crippen MR) is 52.7 cm³/mol. The maximum atomic E-state index is 10.9. The minimum Gasteiger partial charge on any atom is -0.463 e. The largest absolute Gasteiger partial charge is 0.463 e. The second kappa shape index (κ2) is 5.01. The molecule has 0 aliphatic heterocycles. The Kier molecular flexibility index (Phi) is 3.67. The van der Waals surface area contributed by atoms with Crippen LogP contribution in [-0.4, -0.2) is 17.6 Å². The minimum absolute atomic E-state index is 0.198. The van der Waals surface area contributed by atoms with Crippen molar-refractivity contribution in [3.63, 3.8) is 0 Å². The Morgan fingerprint density at radius 1 is 1.64 bits per heavy atom. The molecule has 0 atom stereocenters. The number of aromatic nitrogens is 1. The molecule has 0 spiro atoms. The second-order valence-corrected chi connectivity index (χ2v) is 2.57. The van der Waals surface area contributed by atoms with Crippen molar-refractivity contribution >= 4 is 12.0 Å². The van der Waals surface area contributed by atoms with Gasteiger partial charge in [0.1, 0.15) is 0 Å². The van der Waals surface area contributed by atoms with Gasteiger partial charge in [0.2, 0.25) is 5.56 Å². The standard InChI is InChI=1S/C10H11NO3/c1-2-14-10(13)4-3-8-5-6-11-9(12)7-8/h3-7H,2H2,1H3,(H,11,12). The Bertz CT molecular complexity index is 392. The van der Waals surface area contributed by atoms with Crippen molar-refractivity contribution in [3.05, 3.63) is 40.3 Å². The van der Waals surface area contributed by atoms with Gasteiger partial charge < -0.3 is 9.72 Å². The zero-order valence-electron chi connectivity index (χ0n) is 7.82. The number of rotatable bonds is 3. The number of pyridine rings is 1. The number of carbonyl (C=O) groups excluding carboxylic acids is 1. The van der Waals surface area contributed by atoms with Crippen molar-refractivity contribution in [3.8, 4) is 0 Å². The van der Waals surface area contributed by atoms with Gasteiger partial charge in [0.05, 0.1) is 6.61 Å². The molecule has 0 fully saturated rings. The Morgan fingerprint density at radius 3 is 3.07 bits per heavy atom. The summed E-state index contributed by atoms with van der Waals surface area (Å²) < 4.78 is 4.68. The Labute approximate surface area is 81.2 Å². The van der Waals surface area contributed by atoms with Crippen LogP contribution in [0, 0.1) is 0 Å². The molecule has 0 bridgehead atoms. The lowest BCUT2D eigenvalue weighted by Crippen LogP contribution is -2.02. The molecule has 0 unspecified atom stereocenters. The number of nitrogens with one attached hydrogen (secondary N) is 1. The highest BCUT2D eigenvalue weighted by molar-refractivity contribution is 5.86. The first-order valence-electron chi connectivity index (χ1n) is 4.26. The molecule has 4 nitrogen and oxygen atoms in total. The minimum atomic E-state index is -0.409. The van der Waals surface area contributed by atoms with Crippen molar-refractivity contribution in [1.29, 1.82) is 0 Å². The number of esters is 1. The molecule has 0 aliphatic carbocycles. The molecule has 1 N–H and O–H groups in total. The van der Waals surface area contributed by atoms with Crippen molar-refractivity contribution < 1.29 is 9.53 Å². The van der Waals surface area contributed by atoms with E-state index in [1.807, 2.05) is 0 Å². The number of carbonyl (C=O) groups is 1. The van der Waals surface area contributed by atoms with E-state index in [2.05, 4.69) is 9.72 Å². The lowest BCUT2D eigenvalue weighted by molar-refractivity contribution is -0.137. The summed E-state index contributed by atoms with van der Waals surface area (Å²) in [5.74, 6) is -0.409. The van der Waals surface area contributed by atoms with E-state index in [-0.39, 0.29) is 5.56 Å². The maximum Gasteiger partial charge on any atom is 0.330 e. The van der Waals surface area contributed by atoms with Gasteiger partial charge in [-0.05, 0) is 24.6 Å². The van der Waals surface area contributed by atoms with E-state index in [1.54, 1.807) is 13.0 Å². The van der Waals surface area contributed by atoms with Gasteiger partial charge in [0.25, 0.3) is 0 Å². The summed E-state index contributed by atoms with van der Waals surface area (Å²) in [7, 11) is 0. The molecule has 14 heavy (non-hydrogen) atoms. The fourth-order valence-corrected chi connectivity index (χ4v) is 0.919. The quantitative estimate of drug-likeness (QED) is 0.574. The summed E-state index contributed by atoms with van der Waals surface area (Å²) in [6.45, 7) is 2.08. The molecule has 1 aromatic rings. The van der Waals surface area contributed by atoms with E-state index in [0.29, 0.717) is 12.2 Å². The van der Waals surface area contributed by atoms with Gasteiger partial charge in [-0.2, -0.15) is 0 Å². The first-order valence-corrected chi connectivity index (χ1v) is 4.26. The SMILES string of the molecule is CCOC(=O)C=Cc1cc[nH]c(=O)c1. The van der Waals surface area contributed by atoms with E-state index < -0.39 is 5.97 Å². The average molecular weight is 193 g/mol. The zero-order chi connectivity index (χ0) is 10.4. The van der Waals surface area contributed by atoms with Gasteiger partial charge in [-0.15, -0.1) is 0 Å². The summed E-state index contributed by atoms with van der Waals surface area (Å²) in [6, 6.07) is 3.09. The first kappa shape index (κ1) is 10.2. The fourth-order valence-electron chi connectivity index (χ4n) is 0.919. The third-order valence-corrected chi connectivity index (χ3v) is 1.50. The summed E-state index contributed by atoms with van der Waals surface area (Å²) in [5, 5.41) is 0. The molecule has 0 aromatic carbocycles. The molecule has 1 rings (SSSR count). The van der Waals surface area contributed by atoms with E-state index in [9.17, 15) is 9.59 Å². The number of aromatic amines is 1. The van der Waals surface area contributed by atoms with E-state index in [4.69, 9.17) is 0 Å². The van der Waals surface area contributed by atoms with Crippen molar-refractivity contribution in [2.24, 2.45) is 0 Å². The van der Waals surface area contributed by atoms with Crippen molar-refractivity contribution in [2.75, 3.05) is 6.61 Å². The highest BCUT2D eigenvalue weighted by Gasteiger charge is 1.93. The smallest absolute Gasteiger partial charge is 0.330 e. The summed E-state index contributed by atoms with van der Waals surface area (Å²) in [5.41, 5.74) is 0.470. The maximum absolute atomic E-state index is 10.9. The van der Waals surface area contributed by atoms with Crippen molar-refractivity contribution in [2.45, 2.75) is 6.92 Å². The fraction of sp³-hybridized carbons (Fsp3) is 0.200. The monoisotopic (exact) mass is 193 g/mol. The van der Waals surface area contributed by atoms with E-state index in [1.165, 1.54) is 24.4 Å². The highest BCUT2D eigenvalue weighted by atomic mass is 16.5. The van der Waals surface area contributed by atoms with Crippen LogP contribution < -0.4 is 5.56 Å². The number of ether oxygens (including phenoxy) is 1. The van der Waals surface area contributed by atoms with Crippen LogP contribution in [0.25, 0.3) is 6.08 Å². The highest BCUT2D eigenvalue weighted by Crippen LogP contribution is 1.96. The molecule has 0 saturated heterocycles. The van der Waals surface area contributed by atoms with Crippen LogP contribution in [0.5, 0.6) is 0 Å². The van der Waals surface area contributed by atoms with Gasteiger partial charge in [-0.1, -0.05) is 0 Å². The summed E-state index contributed by atoms with van der Waals surface area (Å²) in [4.78, 5) is 24.2. The molecule has 74 valence electrons. The molecule has 0 aliphatic rings. The van der Waals surface area contributed by atoms with Gasteiger partial charge in [0, 0.05) is 18.3 Å². The number of hydrogen-bond donors (Lipinski definition) is 1. The van der Waals surface area contributed by atoms with Gasteiger partial charge in [-0.3, -0.25) is 4.79 Å². The van der Waals surface area contributed by atoms with Crippen LogP contribution in [0.2, 0.25) is 0 Å². The Morgan fingerprint density at radius 2 is 2.43 bits per heavy atom. The summed E-state index contributed by atoms with van der Waals surface area (Å²) in [6.07, 6.45) is 4.35. The molecule has 4 heteroatoms. The van der Waals surface area contributed by atoms with Crippen LogP contribution in [0.15, 0.2) is 29.2 Å². The van der Waals surface area contributed by atoms with Crippen LogP contribution in [0.3, 0.4) is 0 Å². The molecule has 1 heterocycles. The van der Waals surface area contributed by atoms with E-state index >= 15 is 0 Å². The predicted octanol–water partition coefficient (Wildman–Crippen LogP) is 0.951. The lowest BCUT2D eigenvalue weighted by atomic mass is 10.2. The summed E-state index contributed by atoms with van der Waals surface area (Å²) >= 11 is 0. The number of hydrogen-bond acceptors (Lipinski definition) is 3. The molecular weight excluding hydrogens is 182 g/mol. The topological polar surface area (TPSA) is 59.2 Å². The van der Waals surface area contributed by atoms with Crippen LogP contribution >= 0.6 is 0 Å². The Balaban J connectivity index is 2.69. The zero-order valence-corrected chi connectivity index (χ0v) is 7.82. The van der Waals surface area contributed by atoms with Crippen LogP contribution in [-0.2, 0) is 9.53 Å². The Hall–Kier alpha value is -1.84. The molecule has 1 aromatic heterocycles. The molecule has 0 radical (unpaired) electrons. The molecule has 0 saturated carbocycles. The van der Waals surface area contributed by atoms with Crippen LogP contribution in [0.1, 0.15) is 12.5 Å². The number of H-pyrrole nitrogens is 1. The van der Waals surface area contributed by atoms with Gasteiger partial charge in [0.15, 0.2) is 0 Å². The van der Waals surface area contributed by atoms with Gasteiger partial charge >= 0.3 is 5.97 Å². The van der Waals surface area contributed by atoms with E-state index in [0.717, 1.165) is 0 Å². The second-order valence-electron chi connectivity index (χ2n) is 2.57. The van der Waals surface area contributed by atoms with Crippen LogP contribution in [0.4, 0.5) is 0 Å². The first-order chi connectivity index (χ1) is 6.72. The average Bonchev–Trinajstić information content (AvgIpc) is 2.15. The van der Waals surface area contributed by atoms with Crippen molar-refractivity contribution in [1.82, 2.24) is 4.98 Å². The van der Waals surface area contributed by atoms with Gasteiger partial charge in [-0.25, -0.2) is 4.79 Å². The third-order valence-electron chi connectivity index (χ3n) is 1.50. The molecular formula is C10H11NO3. The molecule has 0 amide bonds. The third kappa shape index (κ3) is 3.26. The normalized spacial score (nSPS) is 10.4. The lowest BCUT2D eigenvalue weighted by Gasteiger charge is -1.94.